The first-order chi connectivity index (χ1) is 14.2. The number of hydrogen-bond donors (Lipinski definition) is 0. The van der Waals surface area contributed by atoms with E-state index in [0.29, 0.717) is 23.6 Å². The van der Waals surface area contributed by atoms with Crippen LogP contribution in [0.5, 0.6) is 5.75 Å². The average molecular weight is 389 g/mol. The number of para-hydroxylation sites is 1. The van der Waals surface area contributed by atoms with E-state index in [-0.39, 0.29) is 6.61 Å². The number of benzene rings is 2. The molecule has 0 aliphatic carbocycles. The van der Waals surface area contributed by atoms with Crippen LogP contribution in [0.25, 0.3) is 16.6 Å². The Morgan fingerprint density at radius 3 is 2.79 bits per heavy atom. The summed E-state index contributed by atoms with van der Waals surface area (Å²) in [6, 6.07) is 15.1. The quantitative estimate of drug-likeness (QED) is 0.467. The van der Waals surface area contributed by atoms with Gasteiger partial charge in [0.05, 0.1) is 29.1 Å². The van der Waals surface area contributed by atoms with Crippen LogP contribution in [0.1, 0.15) is 28.5 Å². The Morgan fingerprint density at radius 2 is 2.00 bits per heavy atom. The molecule has 0 unspecified atom stereocenters. The number of aromatic nitrogens is 5. The van der Waals surface area contributed by atoms with Crippen molar-refractivity contribution in [1.29, 1.82) is 0 Å². The zero-order valence-electron chi connectivity index (χ0n) is 16.1. The molecule has 8 nitrogen and oxygen atoms in total. The molecule has 0 aliphatic rings. The molecule has 4 rings (SSSR count). The van der Waals surface area contributed by atoms with Crippen molar-refractivity contribution in [2.75, 3.05) is 6.61 Å². The molecule has 0 saturated heterocycles. The topological polar surface area (TPSA) is 92.0 Å². The summed E-state index contributed by atoms with van der Waals surface area (Å²) < 4.78 is 12.7. The van der Waals surface area contributed by atoms with Gasteiger partial charge in [-0.1, -0.05) is 24.3 Å². The Hall–Kier alpha value is -3.81. The van der Waals surface area contributed by atoms with Crippen LogP contribution in [-0.4, -0.2) is 37.8 Å². The van der Waals surface area contributed by atoms with E-state index in [1.807, 2.05) is 55.5 Å². The number of carbonyl (C=O) groups is 1. The average Bonchev–Trinajstić information content (AvgIpc) is 3.28. The maximum atomic E-state index is 12.6. The molecule has 0 fully saturated rings. The fourth-order valence-electron chi connectivity index (χ4n) is 3.17. The molecule has 0 bridgehead atoms. The van der Waals surface area contributed by atoms with Crippen LogP contribution in [0.4, 0.5) is 0 Å². The third-order valence-electron chi connectivity index (χ3n) is 4.51. The van der Waals surface area contributed by atoms with Crippen molar-refractivity contribution in [3.63, 3.8) is 0 Å². The molecule has 2 heterocycles. The molecule has 0 aliphatic heterocycles. The van der Waals surface area contributed by atoms with E-state index in [4.69, 9.17) is 9.47 Å². The Balaban J connectivity index is 1.68. The monoisotopic (exact) mass is 389 g/mol. The van der Waals surface area contributed by atoms with E-state index >= 15 is 0 Å². The summed E-state index contributed by atoms with van der Waals surface area (Å²) >= 11 is 0. The van der Waals surface area contributed by atoms with Gasteiger partial charge in [0.1, 0.15) is 18.7 Å². The van der Waals surface area contributed by atoms with E-state index in [9.17, 15) is 4.79 Å². The number of ether oxygens (including phenoxy) is 2. The van der Waals surface area contributed by atoms with E-state index in [1.165, 1.54) is 11.0 Å². The highest BCUT2D eigenvalue weighted by molar-refractivity contribution is 5.98. The van der Waals surface area contributed by atoms with Crippen molar-refractivity contribution in [1.82, 2.24) is 25.2 Å². The van der Waals surface area contributed by atoms with Crippen molar-refractivity contribution in [2.24, 2.45) is 0 Å². The molecule has 0 amide bonds. The standard InChI is InChI=1S/C21H19N5O3/c1-3-28-21(27)20-14(2)17-9-4-5-10-18(17)23-19(20)12-29-16-8-6-7-15(11-16)26-13-22-24-25-26/h4-11,13H,3,12H2,1-2H3. The number of aryl methyl sites for hydroxylation is 1. The predicted molar refractivity (Wildman–Crippen MR) is 106 cm³/mol. The third-order valence-corrected chi connectivity index (χ3v) is 4.51. The van der Waals surface area contributed by atoms with Gasteiger partial charge in [-0.15, -0.1) is 5.10 Å². The molecule has 2 aromatic carbocycles. The smallest absolute Gasteiger partial charge is 0.340 e. The number of esters is 1. The second-order valence-corrected chi connectivity index (χ2v) is 6.34. The van der Waals surface area contributed by atoms with Crippen LogP contribution < -0.4 is 4.74 Å². The molecule has 0 spiro atoms. The van der Waals surface area contributed by atoms with Gasteiger partial charge in [-0.25, -0.2) is 14.5 Å². The van der Waals surface area contributed by atoms with E-state index < -0.39 is 5.97 Å². The number of nitrogens with zero attached hydrogens (tertiary/aromatic N) is 5. The lowest BCUT2D eigenvalue weighted by Gasteiger charge is -2.15. The lowest BCUT2D eigenvalue weighted by molar-refractivity contribution is 0.0522. The summed E-state index contributed by atoms with van der Waals surface area (Å²) in [5.74, 6) is 0.213. The minimum atomic E-state index is -0.399. The molecular weight excluding hydrogens is 370 g/mol. The largest absolute Gasteiger partial charge is 0.487 e. The number of pyridine rings is 1. The summed E-state index contributed by atoms with van der Waals surface area (Å²) in [5, 5.41) is 12.1. The van der Waals surface area contributed by atoms with Crippen LogP contribution in [0.2, 0.25) is 0 Å². The van der Waals surface area contributed by atoms with Gasteiger partial charge in [0.15, 0.2) is 0 Å². The molecule has 0 radical (unpaired) electrons. The van der Waals surface area contributed by atoms with Gasteiger partial charge in [-0.3, -0.25) is 0 Å². The highest BCUT2D eigenvalue weighted by Crippen LogP contribution is 2.25. The maximum absolute atomic E-state index is 12.6. The maximum Gasteiger partial charge on any atom is 0.340 e. The first kappa shape index (κ1) is 18.5. The molecule has 0 N–H and O–H groups in total. The summed E-state index contributed by atoms with van der Waals surface area (Å²) in [6.07, 6.45) is 1.51. The van der Waals surface area contributed by atoms with E-state index in [0.717, 1.165) is 22.2 Å². The molecule has 2 aromatic heterocycles. The first-order valence-corrected chi connectivity index (χ1v) is 9.19. The first-order valence-electron chi connectivity index (χ1n) is 9.19. The second-order valence-electron chi connectivity index (χ2n) is 6.34. The van der Waals surface area contributed by atoms with Crippen LogP contribution in [0, 0.1) is 6.92 Å². The molecule has 8 heteroatoms. The molecule has 0 saturated carbocycles. The normalized spacial score (nSPS) is 10.8. The minimum Gasteiger partial charge on any atom is -0.487 e. The van der Waals surface area contributed by atoms with Gasteiger partial charge < -0.3 is 9.47 Å². The van der Waals surface area contributed by atoms with Crippen LogP contribution in [-0.2, 0) is 11.3 Å². The Kier molecular flexibility index (Phi) is 5.15. The van der Waals surface area contributed by atoms with Gasteiger partial charge in [0, 0.05) is 11.5 Å². The van der Waals surface area contributed by atoms with Crippen molar-refractivity contribution in [2.45, 2.75) is 20.5 Å². The summed E-state index contributed by atoms with van der Waals surface area (Å²) in [5.41, 5.74) is 3.38. The number of fused-ring (bicyclic) bond motifs is 1. The molecule has 0 atom stereocenters. The van der Waals surface area contributed by atoms with Gasteiger partial charge in [-0.2, -0.15) is 0 Å². The summed E-state index contributed by atoms with van der Waals surface area (Å²) in [7, 11) is 0. The summed E-state index contributed by atoms with van der Waals surface area (Å²) in [6.45, 7) is 4.10. The zero-order valence-corrected chi connectivity index (χ0v) is 16.1. The van der Waals surface area contributed by atoms with Gasteiger partial charge in [0.2, 0.25) is 0 Å². The number of tetrazole rings is 1. The zero-order chi connectivity index (χ0) is 20.2. The second kappa shape index (κ2) is 8.05. The molecule has 4 aromatic rings. The lowest BCUT2D eigenvalue weighted by atomic mass is 10.0. The number of hydrogen-bond acceptors (Lipinski definition) is 7. The molecule has 146 valence electrons. The Labute approximate surface area is 167 Å². The fourth-order valence-corrected chi connectivity index (χ4v) is 3.17. The Morgan fingerprint density at radius 1 is 1.14 bits per heavy atom. The van der Waals surface area contributed by atoms with Gasteiger partial charge in [0.25, 0.3) is 0 Å². The van der Waals surface area contributed by atoms with Gasteiger partial charge in [-0.05, 0) is 48.0 Å². The number of carbonyl (C=O) groups excluding carboxylic acids is 1. The van der Waals surface area contributed by atoms with Crippen LogP contribution in [0.3, 0.4) is 0 Å². The number of rotatable bonds is 6. The van der Waals surface area contributed by atoms with Crippen molar-refractivity contribution >= 4 is 16.9 Å². The third kappa shape index (κ3) is 3.77. The Bertz CT molecular complexity index is 1160. The molecular formula is C21H19N5O3. The van der Waals surface area contributed by atoms with Gasteiger partial charge >= 0.3 is 5.97 Å². The van der Waals surface area contributed by atoms with Crippen molar-refractivity contribution in [3.8, 4) is 11.4 Å². The van der Waals surface area contributed by atoms with Crippen molar-refractivity contribution in [3.05, 3.63) is 71.7 Å². The molecule has 29 heavy (non-hydrogen) atoms. The predicted octanol–water partition coefficient (Wildman–Crippen LogP) is 3.27. The van der Waals surface area contributed by atoms with E-state index in [1.54, 1.807) is 6.92 Å². The highest BCUT2D eigenvalue weighted by atomic mass is 16.5. The highest BCUT2D eigenvalue weighted by Gasteiger charge is 2.20. The minimum absolute atomic E-state index is 0.124. The van der Waals surface area contributed by atoms with Crippen LogP contribution in [0.15, 0.2) is 54.9 Å². The van der Waals surface area contributed by atoms with E-state index in [2.05, 4.69) is 20.5 Å². The van der Waals surface area contributed by atoms with Crippen LogP contribution >= 0.6 is 0 Å². The SMILES string of the molecule is CCOC(=O)c1c(COc2cccc(-n3cnnn3)c2)nc2ccccc2c1C. The lowest BCUT2D eigenvalue weighted by Crippen LogP contribution is -2.14. The summed E-state index contributed by atoms with van der Waals surface area (Å²) in [4.78, 5) is 17.3. The van der Waals surface area contributed by atoms with Crippen molar-refractivity contribution < 1.29 is 14.3 Å². The fraction of sp³-hybridized carbons (Fsp3) is 0.190.